The van der Waals surface area contributed by atoms with E-state index in [1.165, 1.54) is 0 Å². The van der Waals surface area contributed by atoms with Gasteiger partial charge in [-0.15, -0.1) is 0 Å². The van der Waals surface area contributed by atoms with Crippen molar-refractivity contribution in [2.75, 3.05) is 0 Å². The van der Waals surface area contributed by atoms with E-state index in [1.54, 1.807) is 13.0 Å². The largest absolute Gasteiger partial charge is 0.462 e. The fourth-order valence-corrected chi connectivity index (χ4v) is 4.27. The van der Waals surface area contributed by atoms with Crippen LogP contribution in [0.1, 0.15) is 27.2 Å². The Morgan fingerprint density at radius 1 is 1.37 bits per heavy atom. The van der Waals surface area contributed by atoms with Crippen molar-refractivity contribution in [1.29, 1.82) is 0 Å². The molecule has 7 atom stereocenters. The number of ether oxygens (including phenoxy) is 1. The van der Waals surface area contributed by atoms with Gasteiger partial charge in [0, 0.05) is 5.92 Å². The predicted molar refractivity (Wildman–Crippen MR) is 68.1 cm³/mol. The van der Waals surface area contributed by atoms with Gasteiger partial charge in [0.15, 0.2) is 5.78 Å². The lowest BCUT2D eigenvalue weighted by molar-refractivity contribution is -0.144. The van der Waals surface area contributed by atoms with Crippen LogP contribution < -0.4 is 0 Å². The number of aliphatic hydroxyl groups is 1. The van der Waals surface area contributed by atoms with Crippen LogP contribution in [0.5, 0.6) is 0 Å². The quantitative estimate of drug-likeness (QED) is 0.670. The maximum Gasteiger partial charge on any atom is 0.309 e. The number of hydrogen-bond acceptors (Lipinski definition) is 4. The highest BCUT2D eigenvalue weighted by Gasteiger charge is 2.60. The van der Waals surface area contributed by atoms with Crippen LogP contribution in [0.15, 0.2) is 12.2 Å². The molecule has 3 aliphatic rings. The van der Waals surface area contributed by atoms with E-state index in [2.05, 4.69) is 6.92 Å². The molecular formula is C15H20O4. The van der Waals surface area contributed by atoms with E-state index in [4.69, 9.17) is 4.74 Å². The summed E-state index contributed by atoms with van der Waals surface area (Å²) in [5.74, 6) is -0.627. The summed E-state index contributed by atoms with van der Waals surface area (Å²) in [6.45, 7) is 5.69. The van der Waals surface area contributed by atoms with Gasteiger partial charge in [-0.05, 0) is 31.3 Å². The van der Waals surface area contributed by atoms with Crippen molar-refractivity contribution in [3.8, 4) is 0 Å². The van der Waals surface area contributed by atoms with Crippen molar-refractivity contribution in [2.24, 2.45) is 29.1 Å². The Hall–Kier alpha value is -1.16. The van der Waals surface area contributed by atoms with Gasteiger partial charge >= 0.3 is 5.97 Å². The topological polar surface area (TPSA) is 63.6 Å². The minimum atomic E-state index is -0.823. The standard InChI is InChI=1S/C15H20O4/c1-7-6-10-12(8(2)14(18)19-10)13(17)15(3)9(7)4-5-11(15)16/h4-5,7-10,12-13,17H,6H2,1-3H3/t7-,8-,9+,10+,12+,13-,15?/m0/s1. The van der Waals surface area contributed by atoms with Crippen molar-refractivity contribution in [2.45, 2.75) is 39.4 Å². The van der Waals surface area contributed by atoms with Gasteiger partial charge in [0.25, 0.3) is 0 Å². The van der Waals surface area contributed by atoms with Crippen LogP contribution in [0, 0.1) is 29.1 Å². The van der Waals surface area contributed by atoms with Crippen molar-refractivity contribution >= 4 is 11.8 Å². The highest BCUT2D eigenvalue weighted by Crippen LogP contribution is 2.53. The number of allylic oxidation sites excluding steroid dienone is 2. The Labute approximate surface area is 112 Å². The summed E-state index contributed by atoms with van der Waals surface area (Å²) in [6, 6.07) is 0. The minimum Gasteiger partial charge on any atom is -0.462 e. The second-order valence-electron chi connectivity index (χ2n) is 6.53. The van der Waals surface area contributed by atoms with Gasteiger partial charge in [0.2, 0.25) is 0 Å². The SMILES string of the molecule is C[C@@H]1C(=O)O[C@@H]2C[C@H](C)[C@H]3C=CC(=O)C3(C)[C@@H](O)[C@H]12. The average molecular weight is 264 g/mol. The van der Waals surface area contributed by atoms with Gasteiger partial charge in [-0.25, -0.2) is 0 Å². The molecule has 104 valence electrons. The Morgan fingerprint density at radius 2 is 2.05 bits per heavy atom. The fraction of sp³-hybridized carbons (Fsp3) is 0.733. The molecule has 1 N–H and O–H groups in total. The minimum absolute atomic E-state index is 0.0240. The highest BCUT2D eigenvalue weighted by atomic mass is 16.6. The molecular weight excluding hydrogens is 244 g/mol. The van der Waals surface area contributed by atoms with E-state index in [9.17, 15) is 14.7 Å². The predicted octanol–water partition coefficient (Wildman–Crippen LogP) is 1.33. The number of fused-ring (bicyclic) bond motifs is 2. The first kappa shape index (κ1) is 12.9. The highest BCUT2D eigenvalue weighted by molar-refractivity contribution is 5.98. The molecule has 1 aliphatic heterocycles. The molecule has 0 aromatic carbocycles. The molecule has 1 saturated heterocycles. The number of rotatable bonds is 0. The zero-order valence-electron chi connectivity index (χ0n) is 11.5. The van der Waals surface area contributed by atoms with E-state index in [1.807, 2.05) is 13.0 Å². The second-order valence-corrected chi connectivity index (χ2v) is 6.53. The number of carbonyl (C=O) groups is 2. The number of aliphatic hydroxyl groups excluding tert-OH is 1. The van der Waals surface area contributed by atoms with E-state index in [0.717, 1.165) is 6.42 Å². The summed E-state index contributed by atoms with van der Waals surface area (Å²) in [5.41, 5.74) is -0.804. The molecule has 3 rings (SSSR count). The zero-order chi connectivity index (χ0) is 13.9. The van der Waals surface area contributed by atoms with Crippen LogP contribution in [0.2, 0.25) is 0 Å². The van der Waals surface area contributed by atoms with E-state index in [-0.39, 0.29) is 41.5 Å². The third-order valence-electron chi connectivity index (χ3n) is 5.52. The molecule has 1 heterocycles. The average Bonchev–Trinajstić information content (AvgIpc) is 2.77. The fourth-order valence-electron chi connectivity index (χ4n) is 4.27. The van der Waals surface area contributed by atoms with Crippen LogP contribution in [-0.2, 0) is 14.3 Å². The first-order chi connectivity index (χ1) is 8.87. The molecule has 0 bridgehead atoms. The van der Waals surface area contributed by atoms with Crippen LogP contribution >= 0.6 is 0 Å². The molecule has 2 fully saturated rings. The number of carbonyl (C=O) groups excluding carboxylic acids is 2. The molecule has 4 nitrogen and oxygen atoms in total. The molecule has 0 radical (unpaired) electrons. The summed E-state index contributed by atoms with van der Waals surface area (Å²) in [4.78, 5) is 24.0. The maximum atomic E-state index is 12.2. The Bertz CT molecular complexity index is 469. The summed E-state index contributed by atoms with van der Waals surface area (Å²) >= 11 is 0. The van der Waals surface area contributed by atoms with Gasteiger partial charge in [0.1, 0.15) is 6.10 Å². The second kappa shape index (κ2) is 3.92. The molecule has 2 aliphatic carbocycles. The lowest BCUT2D eigenvalue weighted by Crippen LogP contribution is -2.47. The number of hydrogen-bond donors (Lipinski definition) is 1. The monoisotopic (exact) mass is 264 g/mol. The lowest BCUT2D eigenvalue weighted by atomic mass is 9.67. The van der Waals surface area contributed by atoms with Gasteiger partial charge in [-0.3, -0.25) is 9.59 Å². The van der Waals surface area contributed by atoms with E-state index in [0.29, 0.717) is 0 Å². The Morgan fingerprint density at radius 3 is 2.74 bits per heavy atom. The normalized spacial score (nSPS) is 52.6. The molecule has 19 heavy (non-hydrogen) atoms. The summed E-state index contributed by atoms with van der Waals surface area (Å²) < 4.78 is 5.41. The van der Waals surface area contributed by atoms with Gasteiger partial charge in [-0.2, -0.15) is 0 Å². The van der Waals surface area contributed by atoms with Crippen molar-refractivity contribution in [3.05, 3.63) is 12.2 Å². The van der Waals surface area contributed by atoms with Gasteiger partial charge in [0.05, 0.1) is 17.4 Å². The van der Waals surface area contributed by atoms with Crippen LogP contribution in [0.4, 0.5) is 0 Å². The third-order valence-corrected chi connectivity index (χ3v) is 5.52. The van der Waals surface area contributed by atoms with Crippen molar-refractivity contribution in [3.63, 3.8) is 0 Å². The first-order valence-electron chi connectivity index (χ1n) is 6.98. The number of esters is 1. The maximum absolute atomic E-state index is 12.2. The summed E-state index contributed by atoms with van der Waals surface area (Å²) in [5, 5.41) is 10.8. The van der Waals surface area contributed by atoms with Gasteiger partial charge in [-0.1, -0.05) is 19.9 Å². The van der Waals surface area contributed by atoms with Crippen LogP contribution in [0.3, 0.4) is 0 Å². The molecule has 4 heteroatoms. The summed E-state index contributed by atoms with van der Waals surface area (Å²) in [6.07, 6.45) is 3.15. The number of ketones is 1. The van der Waals surface area contributed by atoms with E-state index >= 15 is 0 Å². The molecule has 0 aromatic heterocycles. The van der Waals surface area contributed by atoms with Crippen LogP contribution in [0.25, 0.3) is 0 Å². The Balaban J connectivity index is 2.06. The van der Waals surface area contributed by atoms with Crippen LogP contribution in [-0.4, -0.2) is 29.1 Å². The molecule has 0 amide bonds. The molecule has 1 unspecified atom stereocenters. The van der Waals surface area contributed by atoms with Gasteiger partial charge < -0.3 is 9.84 Å². The first-order valence-corrected chi connectivity index (χ1v) is 6.98. The van der Waals surface area contributed by atoms with Crippen molar-refractivity contribution in [1.82, 2.24) is 0 Å². The summed E-state index contributed by atoms with van der Waals surface area (Å²) in [7, 11) is 0. The lowest BCUT2D eigenvalue weighted by Gasteiger charge is -2.37. The van der Waals surface area contributed by atoms with E-state index < -0.39 is 11.5 Å². The molecule has 0 spiro atoms. The smallest absolute Gasteiger partial charge is 0.309 e. The zero-order valence-corrected chi connectivity index (χ0v) is 11.5. The molecule has 1 saturated carbocycles. The third kappa shape index (κ3) is 1.49. The van der Waals surface area contributed by atoms with Crippen molar-refractivity contribution < 1.29 is 19.4 Å². The molecule has 0 aromatic rings. The Kier molecular flexibility index (Phi) is 2.65.